The highest BCUT2D eigenvalue weighted by atomic mass is 15.2. The lowest BCUT2D eigenvalue weighted by Crippen LogP contribution is -2.20. The third-order valence-electron chi connectivity index (χ3n) is 18.2. The van der Waals surface area contributed by atoms with Crippen LogP contribution in [0.25, 0.3) is 79.5 Å². The maximum Gasteiger partial charge on any atom is 0.138 e. The van der Waals surface area contributed by atoms with Gasteiger partial charge in [0.15, 0.2) is 0 Å². The lowest BCUT2D eigenvalue weighted by molar-refractivity contribution is 0.660. The molecule has 0 saturated heterocycles. The molecular weight excluding hydrogens is 1010 g/mol. The highest BCUT2D eigenvalue weighted by Crippen LogP contribution is 2.54. The fourth-order valence-corrected chi connectivity index (χ4v) is 13.7. The van der Waals surface area contributed by atoms with Gasteiger partial charge in [-0.1, -0.05) is 187 Å². The molecule has 0 atom stereocenters. The average molecular weight is 1070 g/mol. The lowest BCUT2D eigenvalue weighted by Gasteiger charge is -2.29. The van der Waals surface area contributed by atoms with Gasteiger partial charge in [-0.3, -0.25) is 19.8 Å². The first-order chi connectivity index (χ1) is 40.4. The number of allylic oxidation sites excluding steroid dienone is 1. The smallest absolute Gasteiger partial charge is 0.138 e. The van der Waals surface area contributed by atoms with Gasteiger partial charge in [-0.2, -0.15) is 0 Å². The second-order valence-electron chi connectivity index (χ2n) is 24.3. The van der Waals surface area contributed by atoms with Crippen LogP contribution in [-0.4, -0.2) is 21.2 Å². The molecular formula is C77H62N6. The Morgan fingerprint density at radius 1 is 0.386 bits per heavy atom. The molecule has 4 aliphatic rings. The number of para-hydroxylation sites is 2. The van der Waals surface area contributed by atoms with E-state index >= 15 is 0 Å². The Bertz CT molecular complexity index is 4610. The third kappa shape index (κ3) is 8.37. The number of pyridine rings is 3. The Hall–Kier alpha value is -9.78. The van der Waals surface area contributed by atoms with Crippen LogP contribution in [0.2, 0.25) is 0 Å². The summed E-state index contributed by atoms with van der Waals surface area (Å²) in [5.74, 6) is 1.76. The minimum absolute atomic E-state index is 0.166. The van der Waals surface area contributed by atoms with Crippen LogP contribution in [-0.2, 0) is 16.2 Å². The van der Waals surface area contributed by atoms with Crippen LogP contribution in [0, 0.1) is 0 Å². The van der Waals surface area contributed by atoms with E-state index < -0.39 is 0 Å². The minimum Gasteiger partial charge on any atom is -0.297 e. The molecule has 15 rings (SSSR count). The van der Waals surface area contributed by atoms with Gasteiger partial charge in [-0.25, -0.2) is 9.97 Å². The first-order valence-corrected chi connectivity index (χ1v) is 29.0. The summed E-state index contributed by atoms with van der Waals surface area (Å²) in [6.45, 7) is 14.2. The number of hydrogen-bond donors (Lipinski definition) is 0. The van der Waals surface area contributed by atoms with E-state index in [9.17, 15) is 0 Å². The van der Waals surface area contributed by atoms with Crippen molar-refractivity contribution in [2.45, 2.75) is 70.6 Å². The van der Waals surface area contributed by atoms with Gasteiger partial charge in [0.05, 0.1) is 22.9 Å². The van der Waals surface area contributed by atoms with Crippen LogP contribution in [0.3, 0.4) is 0 Å². The fourth-order valence-electron chi connectivity index (χ4n) is 13.7. The highest BCUT2D eigenvalue weighted by molar-refractivity contribution is 5.91. The van der Waals surface area contributed by atoms with Gasteiger partial charge >= 0.3 is 0 Å². The number of aliphatic imine (C=N–C) groups is 1. The van der Waals surface area contributed by atoms with Gasteiger partial charge in [0.1, 0.15) is 11.6 Å². The van der Waals surface area contributed by atoms with Crippen molar-refractivity contribution in [2.75, 3.05) is 9.80 Å². The van der Waals surface area contributed by atoms with E-state index in [-0.39, 0.29) is 16.2 Å². The predicted octanol–water partition coefficient (Wildman–Crippen LogP) is 19.8. The standard InChI is InChI=1S/C77H62N6/c1-75(2)65-41-49(19-21-51-25-33-61-63-35-29-55(45-69(63)76(3,4)67(61)43-51)82(57-15-11-39-78-47-57)73-37-27-53-13-7-9-17-71(53)80-73)23-31-59(65)60-32-24-50(42-66(60)75)20-22-52-26-34-62-64-36-30-56(46-70(64)77(5,6)68(62)44-52)83(58-16-12-40-79-48-58)74-38-28-54-14-8-10-18-72(54)81-74/h7-11,13-15,17-48H,12,16H2,1-6H3/b21-19+,22-20+. The highest BCUT2D eigenvalue weighted by Gasteiger charge is 2.39. The van der Waals surface area contributed by atoms with Crippen molar-refractivity contribution in [1.82, 2.24) is 15.0 Å². The van der Waals surface area contributed by atoms with Crippen molar-refractivity contribution in [1.29, 1.82) is 0 Å². The molecule has 0 unspecified atom stereocenters. The summed E-state index contributed by atoms with van der Waals surface area (Å²) in [5.41, 5.74) is 26.2. The van der Waals surface area contributed by atoms with E-state index in [2.05, 4.69) is 268 Å². The molecule has 0 spiro atoms. The SMILES string of the molecule is CC1(C)c2cc(/C=C/c3ccc4c(c3)C(C)(C)c3cc(N(C5=CN=CCC5)c5ccc6ccccc6n5)ccc3-4)ccc2-c2ccc(/C=C/c3ccc4c(c3)C(C)(C)c3cc(N(c5cccnc5)c5ccc6ccccc6n5)ccc3-4)cc21. The maximum atomic E-state index is 5.17. The molecule has 0 amide bonds. The lowest BCUT2D eigenvalue weighted by atomic mass is 9.81. The number of fused-ring (bicyclic) bond motifs is 11. The van der Waals surface area contributed by atoms with Crippen LogP contribution in [0.15, 0.2) is 223 Å². The van der Waals surface area contributed by atoms with E-state index in [1.165, 1.54) is 89.0 Å². The van der Waals surface area contributed by atoms with Crippen molar-refractivity contribution >= 4 is 81.0 Å². The van der Waals surface area contributed by atoms with Crippen LogP contribution in [0.5, 0.6) is 0 Å². The molecule has 6 nitrogen and oxygen atoms in total. The molecule has 4 heterocycles. The number of hydrogen-bond acceptors (Lipinski definition) is 6. The fraction of sp³-hybridized carbons (Fsp3) is 0.143. The summed E-state index contributed by atoms with van der Waals surface area (Å²) in [6, 6.07) is 71.1. The van der Waals surface area contributed by atoms with Crippen molar-refractivity contribution in [3.05, 3.63) is 274 Å². The maximum absolute atomic E-state index is 5.17. The van der Waals surface area contributed by atoms with Gasteiger partial charge in [-0.05, 0) is 175 Å². The number of nitrogens with zero attached hydrogens (tertiary/aromatic N) is 6. The third-order valence-corrected chi connectivity index (χ3v) is 18.2. The molecule has 0 radical (unpaired) electrons. The molecule has 400 valence electrons. The van der Waals surface area contributed by atoms with E-state index in [4.69, 9.17) is 9.97 Å². The first kappa shape index (κ1) is 50.2. The van der Waals surface area contributed by atoms with Crippen LogP contribution < -0.4 is 9.80 Å². The summed E-state index contributed by atoms with van der Waals surface area (Å²) in [7, 11) is 0. The van der Waals surface area contributed by atoms with Gasteiger partial charge < -0.3 is 0 Å². The van der Waals surface area contributed by atoms with Crippen LogP contribution >= 0.6 is 0 Å². The Kier molecular flexibility index (Phi) is 11.6. The molecule has 1 aliphatic heterocycles. The second kappa shape index (κ2) is 19.2. The Balaban J connectivity index is 0.664. The molecule has 8 aromatic carbocycles. The summed E-state index contributed by atoms with van der Waals surface area (Å²) < 4.78 is 0. The quantitative estimate of drug-likeness (QED) is 0.128. The monoisotopic (exact) mass is 1070 g/mol. The van der Waals surface area contributed by atoms with Gasteiger partial charge in [0.2, 0.25) is 0 Å². The summed E-state index contributed by atoms with van der Waals surface area (Å²) in [6.07, 6.45) is 18.7. The Morgan fingerprint density at radius 3 is 1.22 bits per heavy atom. The van der Waals surface area contributed by atoms with E-state index in [0.717, 1.165) is 69.0 Å². The average Bonchev–Trinajstić information content (AvgIpc) is 4.02. The predicted molar refractivity (Wildman–Crippen MR) is 347 cm³/mol. The van der Waals surface area contributed by atoms with Gasteiger partial charge in [0, 0.05) is 62.7 Å². The van der Waals surface area contributed by atoms with E-state index in [0.29, 0.717) is 0 Å². The zero-order valence-electron chi connectivity index (χ0n) is 47.7. The van der Waals surface area contributed by atoms with Gasteiger partial charge in [-0.15, -0.1) is 0 Å². The largest absolute Gasteiger partial charge is 0.297 e. The molecule has 6 heteroatoms. The zero-order valence-corrected chi connectivity index (χ0v) is 47.7. The molecule has 3 aromatic heterocycles. The van der Waals surface area contributed by atoms with Crippen molar-refractivity contribution in [2.24, 2.45) is 4.99 Å². The molecule has 0 N–H and O–H groups in total. The van der Waals surface area contributed by atoms with Crippen molar-refractivity contribution < 1.29 is 0 Å². The number of aromatic nitrogens is 3. The van der Waals surface area contributed by atoms with Crippen molar-refractivity contribution in [3.63, 3.8) is 0 Å². The summed E-state index contributed by atoms with van der Waals surface area (Å²) >= 11 is 0. The second-order valence-corrected chi connectivity index (χ2v) is 24.3. The first-order valence-electron chi connectivity index (χ1n) is 29.0. The molecule has 0 fully saturated rings. The number of rotatable bonds is 10. The molecule has 0 bridgehead atoms. The number of benzene rings is 8. The zero-order chi connectivity index (χ0) is 56.2. The Morgan fingerprint density at radius 2 is 0.795 bits per heavy atom. The molecule has 11 aromatic rings. The van der Waals surface area contributed by atoms with Crippen molar-refractivity contribution in [3.8, 4) is 33.4 Å². The van der Waals surface area contributed by atoms with Gasteiger partial charge in [0.25, 0.3) is 0 Å². The van der Waals surface area contributed by atoms with E-state index in [1.54, 1.807) is 0 Å². The van der Waals surface area contributed by atoms with Crippen LogP contribution in [0.1, 0.15) is 110 Å². The summed E-state index contributed by atoms with van der Waals surface area (Å²) in [5, 5.41) is 2.25. The minimum atomic E-state index is -0.222. The molecule has 0 saturated carbocycles. The summed E-state index contributed by atoms with van der Waals surface area (Å²) in [4.78, 5) is 23.9. The normalized spacial score (nSPS) is 15.5. The van der Waals surface area contributed by atoms with Crippen LogP contribution in [0.4, 0.5) is 28.7 Å². The Labute approximate surface area is 486 Å². The topological polar surface area (TPSA) is 57.5 Å². The number of anilines is 5. The molecule has 83 heavy (non-hydrogen) atoms. The van der Waals surface area contributed by atoms with E-state index in [1.807, 2.05) is 36.9 Å². The molecule has 3 aliphatic carbocycles.